The van der Waals surface area contributed by atoms with Crippen molar-refractivity contribution in [3.63, 3.8) is 0 Å². The summed E-state index contributed by atoms with van der Waals surface area (Å²) >= 11 is 0. The quantitative estimate of drug-likeness (QED) is 0.830. The van der Waals surface area contributed by atoms with Crippen LogP contribution in [-0.2, 0) is 4.74 Å². The number of piperidine rings is 1. The topological polar surface area (TPSA) is 59.8 Å². The average molecular weight is 333 g/mol. The Labute approximate surface area is 143 Å². The van der Waals surface area contributed by atoms with Crippen LogP contribution >= 0.6 is 0 Å². The van der Waals surface area contributed by atoms with Crippen molar-refractivity contribution in [1.29, 1.82) is 0 Å². The number of carbonyl (C=O) groups is 1. The van der Waals surface area contributed by atoms with Crippen LogP contribution in [0.15, 0.2) is 15.3 Å². The molecule has 1 unspecified atom stereocenters. The van der Waals surface area contributed by atoms with E-state index in [0.29, 0.717) is 19.1 Å². The van der Waals surface area contributed by atoms with Crippen molar-refractivity contribution in [3.05, 3.63) is 33.4 Å². The monoisotopic (exact) mass is 333 g/mol. The van der Waals surface area contributed by atoms with Gasteiger partial charge in [-0.2, -0.15) is 0 Å². The summed E-state index contributed by atoms with van der Waals surface area (Å²) in [6.07, 6.45) is 7.21. The van der Waals surface area contributed by atoms with Crippen LogP contribution in [-0.4, -0.2) is 37.1 Å². The lowest BCUT2D eigenvalue weighted by atomic mass is 9.83. The van der Waals surface area contributed by atoms with Gasteiger partial charge in [0.05, 0.1) is 0 Å². The van der Waals surface area contributed by atoms with E-state index in [2.05, 4.69) is 0 Å². The Hall–Kier alpha value is -1.62. The van der Waals surface area contributed by atoms with E-state index in [4.69, 9.17) is 9.15 Å². The van der Waals surface area contributed by atoms with Crippen LogP contribution in [0.25, 0.3) is 0 Å². The number of carbonyl (C=O) groups excluding carboxylic acids is 1. The maximum Gasteiger partial charge on any atom is 0.349 e. The van der Waals surface area contributed by atoms with Crippen LogP contribution in [0.2, 0.25) is 0 Å². The molecule has 1 saturated carbocycles. The van der Waals surface area contributed by atoms with Gasteiger partial charge in [-0.25, -0.2) is 4.79 Å². The normalized spacial score (nSPS) is 21.6. The molecule has 0 aromatic carbocycles. The Morgan fingerprint density at radius 2 is 2.08 bits per heavy atom. The molecule has 0 N–H and O–H groups in total. The lowest BCUT2D eigenvalue weighted by Gasteiger charge is -2.36. The van der Waals surface area contributed by atoms with Gasteiger partial charge in [-0.15, -0.1) is 0 Å². The van der Waals surface area contributed by atoms with Crippen LogP contribution in [0, 0.1) is 6.92 Å². The molecule has 1 aromatic rings. The van der Waals surface area contributed by atoms with E-state index in [1.54, 1.807) is 7.11 Å². The SMILES string of the molecule is COCCC1CCCCN1C(=O)c1c(C)cc(C2CCC2)oc1=O. The smallest absolute Gasteiger partial charge is 0.349 e. The molecule has 1 aromatic heterocycles. The van der Waals surface area contributed by atoms with Gasteiger partial charge >= 0.3 is 5.63 Å². The molecule has 1 amide bonds. The van der Waals surface area contributed by atoms with Gasteiger partial charge < -0.3 is 14.1 Å². The first kappa shape index (κ1) is 17.2. The highest BCUT2D eigenvalue weighted by Gasteiger charge is 2.31. The Balaban J connectivity index is 1.84. The molecule has 1 saturated heterocycles. The molecule has 3 rings (SSSR count). The van der Waals surface area contributed by atoms with Crippen LogP contribution in [0.4, 0.5) is 0 Å². The molecule has 5 heteroatoms. The van der Waals surface area contributed by atoms with Crippen molar-refractivity contribution in [3.8, 4) is 0 Å². The van der Waals surface area contributed by atoms with E-state index >= 15 is 0 Å². The second-order valence-corrected chi connectivity index (χ2v) is 7.05. The van der Waals surface area contributed by atoms with E-state index in [9.17, 15) is 9.59 Å². The summed E-state index contributed by atoms with van der Waals surface area (Å²) in [7, 11) is 1.67. The summed E-state index contributed by atoms with van der Waals surface area (Å²) in [5, 5.41) is 0. The third-order valence-corrected chi connectivity index (χ3v) is 5.43. The molecular weight excluding hydrogens is 306 g/mol. The van der Waals surface area contributed by atoms with Crippen LogP contribution in [0.1, 0.15) is 72.5 Å². The zero-order chi connectivity index (χ0) is 17.1. The number of methoxy groups -OCH3 is 1. The second kappa shape index (κ2) is 7.51. The van der Waals surface area contributed by atoms with Crippen molar-refractivity contribution in [2.45, 2.75) is 63.8 Å². The number of likely N-dealkylation sites (tertiary alicyclic amines) is 1. The van der Waals surface area contributed by atoms with Gasteiger partial charge in [0.15, 0.2) is 0 Å². The zero-order valence-electron chi connectivity index (χ0n) is 14.7. The van der Waals surface area contributed by atoms with Gasteiger partial charge in [0.1, 0.15) is 11.3 Å². The molecular formula is C19H27NO4. The third-order valence-electron chi connectivity index (χ3n) is 5.43. The predicted octanol–water partition coefficient (Wildman–Crippen LogP) is 3.25. The van der Waals surface area contributed by atoms with Crippen molar-refractivity contribution in [1.82, 2.24) is 4.90 Å². The summed E-state index contributed by atoms with van der Waals surface area (Å²) in [4.78, 5) is 27.3. The lowest BCUT2D eigenvalue weighted by molar-refractivity contribution is 0.0547. The van der Waals surface area contributed by atoms with Crippen molar-refractivity contribution in [2.75, 3.05) is 20.3 Å². The van der Waals surface area contributed by atoms with Gasteiger partial charge in [0.2, 0.25) is 0 Å². The van der Waals surface area contributed by atoms with Crippen LogP contribution < -0.4 is 5.63 Å². The van der Waals surface area contributed by atoms with Gasteiger partial charge in [0, 0.05) is 32.2 Å². The number of amides is 1. The first-order valence-electron chi connectivity index (χ1n) is 9.06. The highest BCUT2D eigenvalue weighted by molar-refractivity contribution is 5.95. The molecule has 1 atom stereocenters. The molecule has 0 radical (unpaired) electrons. The van der Waals surface area contributed by atoms with Crippen molar-refractivity contribution >= 4 is 5.91 Å². The van der Waals surface area contributed by atoms with E-state index in [0.717, 1.165) is 49.8 Å². The number of rotatable bonds is 5. The number of ether oxygens (including phenoxy) is 1. The molecule has 2 heterocycles. The Morgan fingerprint density at radius 3 is 2.71 bits per heavy atom. The largest absolute Gasteiger partial charge is 0.427 e. The molecule has 132 valence electrons. The lowest BCUT2D eigenvalue weighted by Crippen LogP contribution is -2.45. The van der Waals surface area contributed by atoms with E-state index in [1.165, 1.54) is 6.42 Å². The first-order valence-corrected chi connectivity index (χ1v) is 9.06. The fourth-order valence-electron chi connectivity index (χ4n) is 3.75. The maximum absolute atomic E-state index is 13.0. The van der Waals surface area contributed by atoms with E-state index in [-0.39, 0.29) is 17.5 Å². The summed E-state index contributed by atoms with van der Waals surface area (Å²) < 4.78 is 10.7. The highest BCUT2D eigenvalue weighted by atomic mass is 16.5. The summed E-state index contributed by atoms with van der Waals surface area (Å²) in [6.45, 7) is 3.18. The summed E-state index contributed by atoms with van der Waals surface area (Å²) in [5.41, 5.74) is 0.481. The molecule has 1 aliphatic carbocycles. The maximum atomic E-state index is 13.0. The summed E-state index contributed by atoms with van der Waals surface area (Å²) in [6, 6.07) is 2.04. The molecule has 0 bridgehead atoms. The summed E-state index contributed by atoms with van der Waals surface area (Å²) in [5.74, 6) is 0.919. The molecule has 5 nitrogen and oxygen atoms in total. The number of hydrogen-bond donors (Lipinski definition) is 0. The third kappa shape index (κ3) is 3.41. The fourth-order valence-corrected chi connectivity index (χ4v) is 3.75. The van der Waals surface area contributed by atoms with E-state index < -0.39 is 5.63 Å². The minimum atomic E-state index is -0.474. The number of hydrogen-bond acceptors (Lipinski definition) is 4. The van der Waals surface area contributed by atoms with Gasteiger partial charge in [-0.3, -0.25) is 4.79 Å². The molecule has 24 heavy (non-hydrogen) atoms. The number of aryl methyl sites for hydroxylation is 1. The van der Waals surface area contributed by atoms with Crippen LogP contribution in [0.3, 0.4) is 0 Å². The van der Waals surface area contributed by atoms with Gasteiger partial charge in [-0.05, 0) is 57.1 Å². The van der Waals surface area contributed by atoms with E-state index in [1.807, 2.05) is 17.9 Å². The van der Waals surface area contributed by atoms with Crippen molar-refractivity contribution in [2.24, 2.45) is 0 Å². The minimum absolute atomic E-state index is 0.149. The Morgan fingerprint density at radius 1 is 1.29 bits per heavy atom. The minimum Gasteiger partial charge on any atom is -0.427 e. The number of nitrogens with zero attached hydrogens (tertiary/aromatic N) is 1. The standard InChI is InChI=1S/C19H27NO4/c1-13-12-16(14-6-5-7-14)24-19(22)17(13)18(21)20-10-4-3-8-15(20)9-11-23-2/h12,14-15H,3-11H2,1-2H3. The van der Waals surface area contributed by atoms with Gasteiger partial charge in [0.25, 0.3) is 5.91 Å². The molecule has 0 spiro atoms. The van der Waals surface area contributed by atoms with Crippen LogP contribution in [0.5, 0.6) is 0 Å². The molecule has 2 fully saturated rings. The average Bonchev–Trinajstić information content (AvgIpc) is 2.50. The first-order chi connectivity index (χ1) is 11.6. The predicted molar refractivity (Wildman–Crippen MR) is 91.5 cm³/mol. The zero-order valence-corrected chi connectivity index (χ0v) is 14.7. The highest BCUT2D eigenvalue weighted by Crippen LogP contribution is 2.36. The molecule has 1 aliphatic heterocycles. The second-order valence-electron chi connectivity index (χ2n) is 7.05. The Bertz CT molecular complexity index is 647. The van der Waals surface area contributed by atoms with Crippen molar-refractivity contribution < 1.29 is 13.9 Å². The molecule has 2 aliphatic rings. The fraction of sp³-hybridized carbons (Fsp3) is 0.684. The van der Waals surface area contributed by atoms with Gasteiger partial charge in [-0.1, -0.05) is 6.42 Å². The Kier molecular flexibility index (Phi) is 5.39.